The summed E-state index contributed by atoms with van der Waals surface area (Å²) in [6, 6.07) is 6.72. The van der Waals surface area contributed by atoms with Crippen molar-refractivity contribution in [2.45, 2.75) is 0 Å². The molecule has 0 N–H and O–H groups in total. The molecule has 0 spiro atoms. The van der Waals surface area contributed by atoms with E-state index in [-0.39, 0.29) is 114 Å². The van der Waals surface area contributed by atoms with Crippen molar-refractivity contribution < 1.29 is 147 Å². The summed E-state index contributed by atoms with van der Waals surface area (Å²) < 4.78 is 73.5. The average molecular weight is 477 g/mol. The minimum Gasteiger partial charge on any atom is -0.716 e. The fraction of sp³-hybridized carbons (Fsp3) is 0. The Morgan fingerprint density at radius 2 is 1.00 bits per heavy atom. The van der Waals surface area contributed by atoms with Gasteiger partial charge < -0.3 is 17.5 Å². The molecule has 0 aromatic heterocycles. The van der Waals surface area contributed by atoms with Crippen LogP contribution in [-0.2, 0) is 20.8 Å². The van der Waals surface area contributed by atoms with Gasteiger partial charge in [-0.15, -0.1) is 0 Å². The van der Waals surface area contributed by atoms with Crippen LogP contribution < -0.4 is 111 Å². The molecule has 1 aliphatic rings. The van der Waals surface area contributed by atoms with Crippen molar-refractivity contribution in [2.24, 2.45) is 0 Å². The maximum Gasteiger partial charge on any atom is 1.00 e. The summed E-state index contributed by atoms with van der Waals surface area (Å²) in [6.45, 7) is 0. The Kier molecular flexibility index (Phi) is 9.22. The fourth-order valence-corrected chi connectivity index (χ4v) is 3.26. The Balaban J connectivity index is 0.00000196. The second kappa shape index (κ2) is 9.73. The molecule has 10 nitrogen and oxygen atoms in total. The molecule has 136 valence electrons. The Bertz CT molecular complexity index is 1080. The van der Waals surface area contributed by atoms with Crippen LogP contribution in [0.15, 0.2) is 36.4 Å². The van der Waals surface area contributed by atoms with Gasteiger partial charge in [0, 0.05) is 11.1 Å². The SMILES string of the molecule is O=C1c2cccc(OS(=O)(=O)[O-])c2C(=O)c2c(OS(=O)(=O)[O-])cccc21.[K+].[K+]. The van der Waals surface area contributed by atoms with E-state index in [1.54, 1.807) is 0 Å². The van der Waals surface area contributed by atoms with Crippen molar-refractivity contribution in [1.82, 2.24) is 0 Å². The maximum absolute atomic E-state index is 12.8. The summed E-state index contributed by atoms with van der Waals surface area (Å²) in [6.07, 6.45) is 0. The van der Waals surface area contributed by atoms with Gasteiger partial charge in [-0.2, -0.15) is 0 Å². The third kappa shape index (κ3) is 5.79. The number of benzene rings is 2. The van der Waals surface area contributed by atoms with E-state index in [4.69, 9.17) is 0 Å². The molecular formula is C14H6K2O10S2. The molecule has 0 fully saturated rings. The van der Waals surface area contributed by atoms with Crippen molar-refractivity contribution in [3.63, 3.8) is 0 Å². The quantitative estimate of drug-likeness (QED) is 0.201. The van der Waals surface area contributed by atoms with Crippen LogP contribution in [0.1, 0.15) is 31.8 Å². The van der Waals surface area contributed by atoms with Crippen molar-refractivity contribution in [2.75, 3.05) is 0 Å². The standard InChI is InChI=1S/C14H8O10S2.2K/c15-13-7-3-1-5-9(23-25(17,18)19)11(7)14(16)12-8(13)4-2-6-10(12)24-26(20,21)22;;/h1-6H,(H,17,18,19)(H,20,21,22);;/q;2*+1/p-2. The van der Waals surface area contributed by atoms with Crippen LogP contribution in [-0.4, -0.2) is 37.5 Å². The summed E-state index contributed by atoms with van der Waals surface area (Å²) in [5, 5.41) is 0. The largest absolute Gasteiger partial charge is 1.00 e. The third-order valence-corrected chi connectivity index (χ3v) is 4.15. The van der Waals surface area contributed by atoms with Crippen LogP contribution in [0.3, 0.4) is 0 Å². The smallest absolute Gasteiger partial charge is 0.716 e. The number of fused-ring (bicyclic) bond motifs is 2. The molecule has 0 radical (unpaired) electrons. The van der Waals surface area contributed by atoms with Gasteiger partial charge in [0.15, 0.2) is 17.3 Å². The van der Waals surface area contributed by atoms with Crippen LogP contribution in [0.2, 0.25) is 0 Å². The fourth-order valence-electron chi connectivity index (χ4n) is 2.54. The molecule has 0 atom stereocenters. The number of rotatable bonds is 4. The molecule has 14 heteroatoms. The van der Waals surface area contributed by atoms with Gasteiger partial charge in [-0.25, -0.2) is 16.8 Å². The van der Waals surface area contributed by atoms with Gasteiger partial charge in [-0.3, -0.25) is 9.59 Å². The minimum atomic E-state index is -5.26. The number of hydrogen-bond donors (Lipinski definition) is 0. The van der Waals surface area contributed by atoms with Gasteiger partial charge >= 0.3 is 103 Å². The molecule has 2 aromatic rings. The van der Waals surface area contributed by atoms with Crippen LogP contribution in [0.5, 0.6) is 11.5 Å². The zero-order valence-electron chi connectivity index (χ0n) is 14.4. The first kappa shape index (κ1) is 26.5. The molecule has 0 unspecified atom stereocenters. The molecule has 1 aliphatic carbocycles. The zero-order chi connectivity index (χ0) is 19.3. The number of ketones is 2. The van der Waals surface area contributed by atoms with E-state index in [0.29, 0.717) is 0 Å². The number of carbonyl (C=O) groups is 2. The summed E-state index contributed by atoms with van der Waals surface area (Å²) in [5.41, 5.74) is -1.65. The maximum atomic E-state index is 12.8. The van der Waals surface area contributed by atoms with E-state index in [1.807, 2.05) is 0 Å². The Labute approximate surface area is 244 Å². The summed E-state index contributed by atoms with van der Waals surface area (Å²) in [4.78, 5) is 25.3. The second-order valence-corrected chi connectivity index (χ2v) is 6.97. The van der Waals surface area contributed by atoms with E-state index in [9.17, 15) is 35.5 Å². The van der Waals surface area contributed by atoms with E-state index >= 15 is 0 Å². The predicted octanol–water partition coefficient (Wildman–Crippen LogP) is -5.85. The summed E-state index contributed by atoms with van der Waals surface area (Å²) >= 11 is 0. The van der Waals surface area contributed by atoms with Crippen LogP contribution >= 0.6 is 0 Å². The topological polar surface area (TPSA) is 167 Å². The van der Waals surface area contributed by atoms with Gasteiger partial charge in [0.2, 0.25) is 5.78 Å². The monoisotopic (exact) mass is 476 g/mol. The van der Waals surface area contributed by atoms with E-state index in [2.05, 4.69) is 8.37 Å². The van der Waals surface area contributed by atoms with Crippen molar-refractivity contribution >= 4 is 32.4 Å². The predicted molar refractivity (Wildman–Crippen MR) is 80.4 cm³/mol. The zero-order valence-corrected chi connectivity index (χ0v) is 22.2. The molecule has 2 aromatic carbocycles. The molecule has 28 heavy (non-hydrogen) atoms. The van der Waals surface area contributed by atoms with Crippen LogP contribution in [0.25, 0.3) is 0 Å². The number of carbonyl (C=O) groups excluding carboxylic acids is 2. The molecular weight excluding hydrogens is 470 g/mol. The van der Waals surface area contributed by atoms with Crippen molar-refractivity contribution in [1.29, 1.82) is 0 Å². The van der Waals surface area contributed by atoms with Gasteiger partial charge in [-0.05, 0) is 12.1 Å². The molecule has 0 saturated carbocycles. The minimum absolute atomic E-state index is 0. The molecule has 0 saturated heterocycles. The molecule has 0 bridgehead atoms. The van der Waals surface area contributed by atoms with E-state index in [0.717, 1.165) is 12.1 Å². The molecule has 0 amide bonds. The third-order valence-electron chi connectivity index (χ3n) is 3.38. The Morgan fingerprint density at radius 1 is 0.643 bits per heavy atom. The van der Waals surface area contributed by atoms with Crippen LogP contribution in [0.4, 0.5) is 0 Å². The molecule has 0 aliphatic heterocycles. The first-order valence-electron chi connectivity index (χ1n) is 6.64. The number of hydrogen-bond acceptors (Lipinski definition) is 10. The first-order chi connectivity index (χ1) is 12.0. The van der Waals surface area contributed by atoms with E-state index in [1.165, 1.54) is 24.3 Å². The van der Waals surface area contributed by atoms with Crippen molar-refractivity contribution in [3.8, 4) is 11.5 Å². The second-order valence-electron chi connectivity index (χ2n) is 5.00. The first-order valence-corrected chi connectivity index (χ1v) is 9.30. The van der Waals surface area contributed by atoms with Gasteiger partial charge in [0.1, 0.15) is 0 Å². The average Bonchev–Trinajstić information content (AvgIpc) is 2.49. The van der Waals surface area contributed by atoms with Gasteiger partial charge in [0.05, 0.1) is 11.1 Å². The van der Waals surface area contributed by atoms with E-state index < -0.39 is 55.0 Å². The summed E-state index contributed by atoms with van der Waals surface area (Å²) in [7, 11) is -10.5. The normalized spacial score (nSPS) is 12.8. The Hall–Kier alpha value is 0.473. The van der Waals surface area contributed by atoms with Crippen molar-refractivity contribution in [3.05, 3.63) is 58.7 Å². The van der Waals surface area contributed by atoms with Gasteiger partial charge in [-0.1, -0.05) is 24.3 Å². The molecule has 0 heterocycles. The Morgan fingerprint density at radius 3 is 1.32 bits per heavy atom. The molecule has 3 rings (SSSR count). The van der Waals surface area contributed by atoms with Crippen LogP contribution in [0, 0.1) is 0 Å². The van der Waals surface area contributed by atoms with Gasteiger partial charge in [0.25, 0.3) is 20.8 Å². The summed E-state index contributed by atoms with van der Waals surface area (Å²) in [5.74, 6) is -3.24.